The van der Waals surface area contributed by atoms with E-state index in [1.54, 1.807) is 20.8 Å². The van der Waals surface area contributed by atoms with E-state index in [0.717, 1.165) is 0 Å². The van der Waals surface area contributed by atoms with Gasteiger partial charge in [0.05, 0.1) is 10.8 Å². The van der Waals surface area contributed by atoms with Gasteiger partial charge in [-0.1, -0.05) is 21.8 Å². The molecule has 4 bridgehead atoms. The summed E-state index contributed by atoms with van der Waals surface area (Å²) in [6.07, 6.45) is -2.76. The van der Waals surface area contributed by atoms with Crippen LogP contribution in [0.1, 0.15) is 81.1 Å². The number of ether oxygens (including phenoxy) is 3. The Bertz CT molecular complexity index is 817. The predicted molar refractivity (Wildman–Crippen MR) is 121 cm³/mol. The van der Waals surface area contributed by atoms with Crippen LogP contribution in [0.25, 0.3) is 0 Å². The van der Waals surface area contributed by atoms with Gasteiger partial charge in [0.15, 0.2) is 0 Å². The van der Waals surface area contributed by atoms with Crippen LogP contribution in [0.15, 0.2) is 0 Å². The molecule has 4 rings (SSSR count). The summed E-state index contributed by atoms with van der Waals surface area (Å²) in [5.74, 6) is -3.96. The van der Waals surface area contributed by atoms with Crippen molar-refractivity contribution >= 4 is 23.7 Å². The predicted octanol–water partition coefficient (Wildman–Crippen LogP) is 5.04. The summed E-state index contributed by atoms with van der Waals surface area (Å²) in [6.45, 7) is 4.51. The lowest BCUT2D eigenvalue weighted by atomic mass is 9.49. The van der Waals surface area contributed by atoms with Crippen molar-refractivity contribution in [2.24, 2.45) is 28.6 Å². The summed E-state index contributed by atoms with van der Waals surface area (Å²) in [6, 6.07) is 0. The molecule has 0 amide bonds. The third-order valence-corrected chi connectivity index (χ3v) is 7.64. The van der Waals surface area contributed by atoms with Gasteiger partial charge in [-0.2, -0.15) is 13.2 Å². The Labute approximate surface area is 205 Å². The lowest BCUT2D eigenvalue weighted by Gasteiger charge is -2.54. The zero-order chi connectivity index (χ0) is 24.8. The number of alkyl halides is 3. The summed E-state index contributed by atoms with van der Waals surface area (Å²) in [5, 5.41) is 0. The first-order chi connectivity index (χ1) is 15.1. The monoisotopic (exact) mass is 508 g/mol. The van der Waals surface area contributed by atoms with Crippen molar-refractivity contribution < 1.29 is 46.6 Å². The number of Topliss-reactive ketones (excluding diaryl/α,β-unsaturated/α-hetero) is 1. The molecule has 4 aliphatic carbocycles. The highest BCUT2D eigenvalue weighted by molar-refractivity contribution is 5.91. The molecule has 10 heteroatoms. The molecule has 0 aromatic rings. The van der Waals surface area contributed by atoms with Crippen LogP contribution in [0, 0.1) is 28.6 Å². The van der Waals surface area contributed by atoms with E-state index in [9.17, 15) is 32.3 Å². The van der Waals surface area contributed by atoms with Crippen LogP contribution in [-0.2, 0) is 33.4 Å². The fraction of sp³-hybridized carbons (Fsp3) is 0.840. The summed E-state index contributed by atoms with van der Waals surface area (Å²) in [5.41, 5.74) is -5.47. The van der Waals surface area contributed by atoms with E-state index in [4.69, 9.17) is 14.2 Å². The van der Waals surface area contributed by atoms with Crippen LogP contribution in [0.2, 0.25) is 0 Å². The Morgan fingerprint density at radius 1 is 0.914 bits per heavy atom. The van der Waals surface area contributed by atoms with Crippen LogP contribution >= 0.6 is 0 Å². The van der Waals surface area contributed by atoms with Crippen LogP contribution in [-0.4, -0.2) is 48.7 Å². The molecule has 0 aromatic heterocycles. The molecule has 35 heavy (non-hydrogen) atoms. The third kappa shape index (κ3) is 5.66. The van der Waals surface area contributed by atoms with Gasteiger partial charge in [0.2, 0.25) is 0 Å². The van der Waals surface area contributed by atoms with E-state index in [1.807, 2.05) is 0 Å². The van der Waals surface area contributed by atoms with E-state index in [1.165, 1.54) is 0 Å². The number of rotatable bonds is 8. The van der Waals surface area contributed by atoms with Gasteiger partial charge in [0.1, 0.15) is 19.0 Å². The number of hydrogen-bond donors (Lipinski definition) is 0. The third-order valence-electron chi connectivity index (χ3n) is 7.64. The minimum atomic E-state index is -5.22. The second-order valence-electron chi connectivity index (χ2n) is 10.5. The zero-order valence-electron chi connectivity index (χ0n) is 19.4. The van der Waals surface area contributed by atoms with Gasteiger partial charge in [-0.3, -0.25) is 14.4 Å². The van der Waals surface area contributed by atoms with Crippen molar-refractivity contribution in [1.29, 1.82) is 0 Å². The number of esters is 3. The molecule has 0 radical (unpaired) electrons. The Morgan fingerprint density at radius 3 is 1.86 bits per heavy atom. The van der Waals surface area contributed by atoms with Crippen molar-refractivity contribution in [1.82, 2.24) is 0 Å². The second-order valence-corrected chi connectivity index (χ2v) is 10.5. The van der Waals surface area contributed by atoms with E-state index in [2.05, 4.69) is 0 Å². The maximum atomic E-state index is 13.9. The zero-order valence-corrected chi connectivity index (χ0v) is 19.4. The molecule has 0 spiro atoms. The van der Waals surface area contributed by atoms with Crippen molar-refractivity contribution in [3.63, 3.8) is 0 Å². The molecular formula is C25H39F3O7. The second kappa shape index (κ2) is 10.5. The maximum Gasteiger partial charge on any atom is 0.439 e. The van der Waals surface area contributed by atoms with Crippen LogP contribution in [0.4, 0.5) is 13.2 Å². The molecule has 0 saturated heterocycles. The fourth-order valence-electron chi connectivity index (χ4n) is 5.25. The quantitative estimate of drug-likeness (QED) is 0.257. The molecule has 7 nitrogen and oxygen atoms in total. The average molecular weight is 509 g/mol. The van der Waals surface area contributed by atoms with Gasteiger partial charge in [0.25, 0.3) is 5.60 Å². The van der Waals surface area contributed by atoms with Gasteiger partial charge >= 0.3 is 24.1 Å². The molecule has 202 valence electrons. The van der Waals surface area contributed by atoms with Crippen LogP contribution < -0.4 is 0 Å². The molecule has 3 unspecified atom stereocenters. The van der Waals surface area contributed by atoms with Gasteiger partial charge in [-0.15, -0.1) is 0 Å². The standard InChI is InChI=1S/C23H31F3O7.2CH4/c1-5-20(2,3)17(28)31-6-7-32-18(29)21(4,23(24,25)26)33-19(30)22-10-13-8-14(11-22)16(27)15(9-13)12-22;;/h13-15H,5-12H2,1-4H3;2*1H4. The first-order valence-corrected chi connectivity index (χ1v) is 11.3. The van der Waals surface area contributed by atoms with Gasteiger partial charge in [-0.05, 0) is 65.2 Å². The molecule has 4 saturated carbocycles. The van der Waals surface area contributed by atoms with Crippen molar-refractivity contribution in [3.8, 4) is 0 Å². The molecular weight excluding hydrogens is 469 g/mol. The molecule has 0 N–H and O–H groups in total. The van der Waals surface area contributed by atoms with Crippen molar-refractivity contribution in [2.45, 2.75) is 92.9 Å². The Kier molecular flexibility index (Phi) is 9.24. The van der Waals surface area contributed by atoms with E-state index >= 15 is 0 Å². The average Bonchev–Trinajstić information content (AvgIpc) is 2.72. The summed E-state index contributed by atoms with van der Waals surface area (Å²) < 4.78 is 56.2. The molecule has 0 heterocycles. The maximum absolute atomic E-state index is 13.9. The Morgan fingerprint density at radius 2 is 1.40 bits per heavy atom. The highest BCUT2D eigenvalue weighted by Gasteiger charge is 2.65. The van der Waals surface area contributed by atoms with Crippen LogP contribution in [0.3, 0.4) is 0 Å². The SMILES string of the molecule is C.C.CCC(C)(C)C(=O)OCCOC(=O)C(C)(OC(=O)C12CC3CC(C1)C(=O)C(C3)C2)C(F)(F)F. The Balaban J connectivity index is 0.00000306. The van der Waals surface area contributed by atoms with Gasteiger partial charge in [-0.25, -0.2) is 4.79 Å². The van der Waals surface area contributed by atoms with Gasteiger partial charge in [0, 0.05) is 11.8 Å². The topological polar surface area (TPSA) is 96.0 Å². The normalized spacial score (nSPS) is 28.8. The first-order valence-electron chi connectivity index (χ1n) is 11.3. The molecule has 0 aromatic carbocycles. The number of halogens is 3. The highest BCUT2D eigenvalue weighted by Crippen LogP contribution is 2.59. The van der Waals surface area contributed by atoms with Crippen molar-refractivity contribution in [2.75, 3.05) is 13.2 Å². The minimum absolute atomic E-state index is 0. The largest absolute Gasteiger partial charge is 0.462 e. The Hall–Kier alpha value is -2.13. The van der Waals surface area contributed by atoms with E-state index in [0.29, 0.717) is 32.6 Å². The number of carbonyl (C=O) groups excluding carboxylic acids is 4. The summed E-state index contributed by atoms with van der Waals surface area (Å²) in [7, 11) is 0. The lowest BCUT2D eigenvalue weighted by Crippen LogP contribution is -2.59. The van der Waals surface area contributed by atoms with E-state index in [-0.39, 0.29) is 51.2 Å². The minimum Gasteiger partial charge on any atom is -0.462 e. The molecule has 3 atom stereocenters. The smallest absolute Gasteiger partial charge is 0.439 e. The van der Waals surface area contributed by atoms with Crippen molar-refractivity contribution in [3.05, 3.63) is 0 Å². The van der Waals surface area contributed by atoms with Gasteiger partial charge < -0.3 is 14.2 Å². The van der Waals surface area contributed by atoms with Crippen LogP contribution in [0.5, 0.6) is 0 Å². The highest BCUT2D eigenvalue weighted by atomic mass is 19.4. The first kappa shape index (κ1) is 30.9. The molecule has 4 fully saturated rings. The lowest BCUT2D eigenvalue weighted by molar-refractivity contribution is -0.271. The summed E-state index contributed by atoms with van der Waals surface area (Å²) >= 11 is 0. The molecule has 0 aliphatic heterocycles. The number of carbonyl (C=O) groups is 4. The number of hydrogen-bond acceptors (Lipinski definition) is 7. The van der Waals surface area contributed by atoms with E-state index < -0.39 is 53.7 Å². The summed E-state index contributed by atoms with van der Waals surface area (Å²) in [4.78, 5) is 49.7. The molecule has 4 aliphatic rings. The number of ketones is 1. The fourth-order valence-corrected chi connectivity index (χ4v) is 5.25.